The van der Waals surface area contributed by atoms with E-state index in [2.05, 4.69) is 4.98 Å². The van der Waals surface area contributed by atoms with Crippen LogP contribution in [0.5, 0.6) is 5.75 Å². The van der Waals surface area contributed by atoms with Crippen molar-refractivity contribution in [2.45, 2.75) is 25.0 Å². The van der Waals surface area contributed by atoms with Gasteiger partial charge in [0.1, 0.15) is 25.5 Å². The molecule has 0 unspecified atom stereocenters. The monoisotopic (exact) mass is 468 g/mol. The third-order valence-electron chi connectivity index (χ3n) is 4.76. The Labute approximate surface area is 192 Å². The van der Waals surface area contributed by atoms with Gasteiger partial charge >= 0.3 is 5.97 Å². The molecular formula is C24H24N2O6S. The largest absolute Gasteiger partial charge is 0.487 e. The van der Waals surface area contributed by atoms with Crippen LogP contribution >= 0.6 is 0 Å². The summed E-state index contributed by atoms with van der Waals surface area (Å²) in [5, 5.41) is 0. The Morgan fingerprint density at radius 2 is 1.64 bits per heavy atom. The molecule has 0 fully saturated rings. The van der Waals surface area contributed by atoms with E-state index in [4.69, 9.17) is 9.47 Å². The van der Waals surface area contributed by atoms with Crippen molar-refractivity contribution in [3.05, 3.63) is 89.7 Å². The SMILES string of the molecule is CC(=O)c1ccc(S(=O)(=O)N(C)CC(=O)OCc2ccc(OCc3ccccn3)cc2)cc1. The number of rotatable bonds is 10. The highest BCUT2D eigenvalue weighted by Crippen LogP contribution is 2.17. The molecule has 0 bridgehead atoms. The predicted octanol–water partition coefficient (Wildman–Crippen LogP) is 3.23. The summed E-state index contributed by atoms with van der Waals surface area (Å²) in [5.41, 5.74) is 1.95. The molecule has 3 aromatic rings. The Bertz CT molecular complexity index is 1190. The van der Waals surface area contributed by atoms with E-state index in [0.717, 1.165) is 15.6 Å². The van der Waals surface area contributed by atoms with E-state index in [-0.39, 0.29) is 17.3 Å². The van der Waals surface area contributed by atoms with Gasteiger partial charge in [-0.25, -0.2) is 8.42 Å². The molecule has 0 aliphatic carbocycles. The fraction of sp³-hybridized carbons (Fsp3) is 0.208. The van der Waals surface area contributed by atoms with Gasteiger partial charge in [-0.2, -0.15) is 4.31 Å². The van der Waals surface area contributed by atoms with Crippen molar-refractivity contribution in [3.63, 3.8) is 0 Å². The lowest BCUT2D eigenvalue weighted by molar-refractivity contribution is -0.144. The van der Waals surface area contributed by atoms with Gasteiger partial charge in [0.05, 0.1) is 10.6 Å². The number of Topliss-reactive ketones (excluding diaryl/α,β-unsaturated/α-hetero) is 1. The van der Waals surface area contributed by atoms with Gasteiger partial charge in [-0.3, -0.25) is 14.6 Å². The Balaban J connectivity index is 1.49. The maximum Gasteiger partial charge on any atom is 0.321 e. The van der Waals surface area contributed by atoms with Crippen molar-refractivity contribution >= 4 is 21.8 Å². The van der Waals surface area contributed by atoms with Crippen LogP contribution in [-0.4, -0.2) is 43.1 Å². The molecule has 1 heterocycles. The van der Waals surface area contributed by atoms with E-state index in [0.29, 0.717) is 17.9 Å². The Morgan fingerprint density at radius 3 is 2.24 bits per heavy atom. The summed E-state index contributed by atoms with van der Waals surface area (Å²) in [5.74, 6) is -0.196. The molecule has 0 aliphatic rings. The Kier molecular flexibility index (Phi) is 7.92. The fourth-order valence-corrected chi connectivity index (χ4v) is 3.96. The molecule has 172 valence electrons. The first-order valence-corrected chi connectivity index (χ1v) is 11.5. The Hall–Kier alpha value is -3.56. The minimum absolute atomic E-state index is 0.000546. The number of hydrogen-bond acceptors (Lipinski definition) is 7. The molecule has 2 aromatic carbocycles. The van der Waals surface area contributed by atoms with Crippen LogP contribution in [-0.2, 0) is 32.8 Å². The molecule has 0 amide bonds. The summed E-state index contributed by atoms with van der Waals surface area (Å²) in [6.45, 7) is 1.30. The van der Waals surface area contributed by atoms with Gasteiger partial charge in [-0.05, 0) is 48.9 Å². The van der Waals surface area contributed by atoms with Gasteiger partial charge in [-0.1, -0.05) is 30.3 Å². The molecule has 8 nitrogen and oxygen atoms in total. The van der Waals surface area contributed by atoms with Crippen molar-refractivity contribution in [1.29, 1.82) is 0 Å². The molecule has 0 radical (unpaired) electrons. The maximum atomic E-state index is 12.6. The second-order valence-electron chi connectivity index (χ2n) is 7.26. The number of carbonyl (C=O) groups is 2. The second kappa shape index (κ2) is 10.8. The first-order valence-electron chi connectivity index (χ1n) is 10.1. The van der Waals surface area contributed by atoms with E-state index < -0.39 is 22.5 Å². The number of sulfonamides is 1. The van der Waals surface area contributed by atoms with E-state index in [1.165, 1.54) is 38.2 Å². The summed E-state index contributed by atoms with van der Waals surface area (Å²) in [6.07, 6.45) is 1.70. The zero-order chi connectivity index (χ0) is 23.8. The molecule has 1 aromatic heterocycles. The van der Waals surface area contributed by atoms with Gasteiger partial charge in [0.2, 0.25) is 10.0 Å². The molecule has 0 N–H and O–H groups in total. The number of aromatic nitrogens is 1. The highest BCUT2D eigenvalue weighted by Gasteiger charge is 2.23. The summed E-state index contributed by atoms with van der Waals surface area (Å²) in [4.78, 5) is 27.7. The number of ketones is 1. The first kappa shape index (κ1) is 24.1. The molecule has 0 saturated heterocycles. The van der Waals surface area contributed by atoms with Gasteiger partial charge in [-0.15, -0.1) is 0 Å². The quantitative estimate of drug-likeness (QED) is 0.332. The normalized spacial score (nSPS) is 11.2. The van der Waals surface area contributed by atoms with E-state index >= 15 is 0 Å². The average Bonchev–Trinajstić information content (AvgIpc) is 2.82. The van der Waals surface area contributed by atoms with Gasteiger partial charge < -0.3 is 9.47 Å². The number of ether oxygens (including phenoxy) is 2. The molecular weight excluding hydrogens is 444 g/mol. The van der Waals surface area contributed by atoms with Gasteiger partial charge in [0.25, 0.3) is 0 Å². The fourth-order valence-electron chi connectivity index (χ4n) is 2.84. The summed E-state index contributed by atoms with van der Waals surface area (Å²) >= 11 is 0. The summed E-state index contributed by atoms with van der Waals surface area (Å²) in [7, 11) is -2.60. The maximum absolute atomic E-state index is 12.6. The molecule has 0 atom stereocenters. The molecule has 33 heavy (non-hydrogen) atoms. The smallest absolute Gasteiger partial charge is 0.321 e. The standard InChI is InChI=1S/C24H24N2O6S/c1-18(27)20-8-12-23(13-9-20)33(29,30)26(2)15-24(28)32-16-19-6-10-22(11-7-19)31-17-21-5-3-4-14-25-21/h3-14H,15-17H2,1-2H3. The van der Waals surface area contributed by atoms with Crippen LogP contribution < -0.4 is 4.74 Å². The number of carbonyl (C=O) groups excluding carboxylic acids is 2. The highest BCUT2D eigenvalue weighted by molar-refractivity contribution is 7.89. The predicted molar refractivity (Wildman–Crippen MR) is 121 cm³/mol. The van der Waals surface area contributed by atoms with Crippen LogP contribution in [0.15, 0.2) is 77.8 Å². The van der Waals surface area contributed by atoms with Crippen molar-refractivity contribution < 1.29 is 27.5 Å². The highest BCUT2D eigenvalue weighted by atomic mass is 32.2. The number of likely N-dealkylation sites (N-methyl/N-ethyl adjacent to an activating group) is 1. The zero-order valence-corrected chi connectivity index (χ0v) is 19.1. The van der Waals surface area contributed by atoms with E-state index in [1.807, 2.05) is 18.2 Å². The molecule has 9 heteroatoms. The van der Waals surface area contributed by atoms with Crippen molar-refractivity contribution in [2.75, 3.05) is 13.6 Å². The minimum atomic E-state index is -3.89. The van der Waals surface area contributed by atoms with E-state index in [1.54, 1.807) is 30.5 Å². The number of hydrogen-bond donors (Lipinski definition) is 0. The third kappa shape index (κ3) is 6.71. The average molecular weight is 469 g/mol. The topological polar surface area (TPSA) is 103 Å². The zero-order valence-electron chi connectivity index (χ0n) is 18.3. The number of nitrogens with zero attached hydrogens (tertiary/aromatic N) is 2. The lowest BCUT2D eigenvalue weighted by Gasteiger charge is -2.16. The number of benzene rings is 2. The van der Waals surface area contributed by atoms with Gasteiger partial charge in [0, 0.05) is 18.8 Å². The van der Waals surface area contributed by atoms with Crippen LogP contribution in [0.3, 0.4) is 0 Å². The molecule has 0 aliphatic heterocycles. The van der Waals surface area contributed by atoms with Crippen molar-refractivity contribution in [1.82, 2.24) is 9.29 Å². The molecule has 3 rings (SSSR count). The van der Waals surface area contributed by atoms with Gasteiger partial charge in [0.15, 0.2) is 5.78 Å². The number of esters is 1. The van der Waals surface area contributed by atoms with Crippen LogP contribution in [0.2, 0.25) is 0 Å². The number of pyridine rings is 1. The lowest BCUT2D eigenvalue weighted by atomic mass is 10.2. The van der Waals surface area contributed by atoms with Crippen molar-refractivity contribution in [2.24, 2.45) is 0 Å². The first-order chi connectivity index (χ1) is 15.8. The molecule has 0 spiro atoms. The third-order valence-corrected chi connectivity index (χ3v) is 6.57. The summed E-state index contributed by atoms with van der Waals surface area (Å²) in [6, 6.07) is 18.2. The summed E-state index contributed by atoms with van der Waals surface area (Å²) < 4.78 is 37.1. The van der Waals surface area contributed by atoms with Crippen LogP contribution in [0.1, 0.15) is 28.5 Å². The van der Waals surface area contributed by atoms with Crippen molar-refractivity contribution in [3.8, 4) is 5.75 Å². The van der Waals surface area contributed by atoms with Crippen LogP contribution in [0, 0.1) is 0 Å². The lowest BCUT2D eigenvalue weighted by Crippen LogP contribution is -2.33. The minimum Gasteiger partial charge on any atom is -0.487 e. The van der Waals surface area contributed by atoms with E-state index in [9.17, 15) is 18.0 Å². The van der Waals surface area contributed by atoms with Crippen LogP contribution in [0.25, 0.3) is 0 Å². The second-order valence-corrected chi connectivity index (χ2v) is 9.30. The molecule has 0 saturated carbocycles. The Morgan fingerprint density at radius 1 is 0.939 bits per heavy atom. The van der Waals surface area contributed by atoms with Crippen LogP contribution in [0.4, 0.5) is 0 Å².